The fourth-order valence-electron chi connectivity index (χ4n) is 2.48. The lowest BCUT2D eigenvalue weighted by Gasteiger charge is -2.07. The Morgan fingerprint density at radius 2 is 1.78 bits per heavy atom. The van der Waals surface area contributed by atoms with E-state index < -0.39 is 0 Å². The summed E-state index contributed by atoms with van der Waals surface area (Å²) in [4.78, 5) is 15.8. The van der Waals surface area contributed by atoms with Gasteiger partial charge in [-0.2, -0.15) is 0 Å². The lowest BCUT2D eigenvalue weighted by atomic mass is 10.0. The Labute approximate surface area is 105 Å². The third-order valence-electron chi connectivity index (χ3n) is 3.35. The standard InChI is InChI=1S/C16H15NO/c1-2-6-11-7-5-9-13-15(11)17-14-10-4-3-8-12(14)16(13)18/h3-5,7-10H,2,6H2,1H3,(H,17,18). The van der Waals surface area contributed by atoms with Gasteiger partial charge in [-0.15, -0.1) is 0 Å². The van der Waals surface area contributed by atoms with Gasteiger partial charge in [0.25, 0.3) is 0 Å². The molecule has 2 heteroatoms. The van der Waals surface area contributed by atoms with E-state index >= 15 is 0 Å². The fourth-order valence-corrected chi connectivity index (χ4v) is 2.48. The molecule has 0 unspecified atom stereocenters. The van der Waals surface area contributed by atoms with Crippen LogP contribution in [0.2, 0.25) is 0 Å². The molecule has 0 amide bonds. The number of hydrogen-bond acceptors (Lipinski definition) is 1. The lowest BCUT2D eigenvalue weighted by molar-refractivity contribution is 0.927. The molecule has 2 nitrogen and oxygen atoms in total. The summed E-state index contributed by atoms with van der Waals surface area (Å²) in [6.45, 7) is 2.15. The molecule has 0 atom stereocenters. The van der Waals surface area contributed by atoms with E-state index in [1.54, 1.807) is 0 Å². The minimum Gasteiger partial charge on any atom is -0.354 e. The minimum absolute atomic E-state index is 0.123. The molecule has 1 aromatic heterocycles. The maximum atomic E-state index is 12.4. The molecule has 2 aromatic carbocycles. The Kier molecular flexibility index (Phi) is 2.63. The number of hydrogen-bond donors (Lipinski definition) is 1. The van der Waals surface area contributed by atoms with Crippen LogP contribution in [0.25, 0.3) is 21.8 Å². The summed E-state index contributed by atoms with van der Waals surface area (Å²) in [5, 5.41) is 1.55. The van der Waals surface area contributed by atoms with E-state index in [9.17, 15) is 4.79 Å². The normalized spacial score (nSPS) is 11.2. The first-order valence-corrected chi connectivity index (χ1v) is 6.34. The highest BCUT2D eigenvalue weighted by Crippen LogP contribution is 2.19. The van der Waals surface area contributed by atoms with Gasteiger partial charge < -0.3 is 4.98 Å². The number of H-pyrrole nitrogens is 1. The summed E-state index contributed by atoms with van der Waals surface area (Å²) in [6, 6.07) is 13.7. The Balaban J connectivity index is 2.47. The van der Waals surface area contributed by atoms with Gasteiger partial charge in [0.1, 0.15) is 0 Å². The van der Waals surface area contributed by atoms with E-state index in [0.29, 0.717) is 0 Å². The molecular weight excluding hydrogens is 222 g/mol. The van der Waals surface area contributed by atoms with Crippen LogP contribution in [-0.4, -0.2) is 4.98 Å². The highest BCUT2D eigenvalue weighted by atomic mass is 16.1. The van der Waals surface area contributed by atoms with Gasteiger partial charge in [0.2, 0.25) is 0 Å². The highest BCUT2D eigenvalue weighted by molar-refractivity contribution is 5.93. The first-order chi connectivity index (χ1) is 8.81. The number of fused-ring (bicyclic) bond motifs is 2. The predicted molar refractivity (Wildman–Crippen MR) is 76.1 cm³/mol. The maximum absolute atomic E-state index is 12.4. The van der Waals surface area contributed by atoms with Gasteiger partial charge in [-0.1, -0.05) is 37.6 Å². The van der Waals surface area contributed by atoms with E-state index in [-0.39, 0.29) is 5.43 Å². The number of benzene rings is 2. The third kappa shape index (κ3) is 1.61. The minimum atomic E-state index is 0.123. The molecule has 3 aromatic rings. The summed E-state index contributed by atoms with van der Waals surface area (Å²) in [5.74, 6) is 0. The maximum Gasteiger partial charge on any atom is 0.197 e. The lowest BCUT2D eigenvalue weighted by Crippen LogP contribution is -2.05. The van der Waals surface area contributed by atoms with Crippen molar-refractivity contribution in [3.8, 4) is 0 Å². The van der Waals surface area contributed by atoms with Gasteiger partial charge in [0, 0.05) is 16.3 Å². The molecule has 18 heavy (non-hydrogen) atoms. The molecule has 0 bridgehead atoms. The number of aryl methyl sites for hydroxylation is 1. The second-order valence-electron chi connectivity index (χ2n) is 4.59. The average molecular weight is 237 g/mol. The summed E-state index contributed by atoms with van der Waals surface area (Å²) in [6.07, 6.45) is 2.07. The quantitative estimate of drug-likeness (QED) is 0.678. The van der Waals surface area contributed by atoms with Gasteiger partial charge in [-0.05, 0) is 30.2 Å². The Hall–Kier alpha value is -2.09. The van der Waals surface area contributed by atoms with E-state index in [0.717, 1.165) is 34.6 Å². The van der Waals surface area contributed by atoms with Crippen LogP contribution in [0.1, 0.15) is 18.9 Å². The van der Waals surface area contributed by atoms with Gasteiger partial charge >= 0.3 is 0 Å². The molecule has 0 aliphatic heterocycles. The number of pyridine rings is 1. The molecule has 1 N–H and O–H groups in total. The van der Waals surface area contributed by atoms with Crippen molar-refractivity contribution in [2.24, 2.45) is 0 Å². The zero-order valence-electron chi connectivity index (χ0n) is 10.4. The second kappa shape index (κ2) is 4.30. The molecule has 1 heterocycles. The number of nitrogens with one attached hydrogen (secondary N) is 1. The van der Waals surface area contributed by atoms with Crippen molar-refractivity contribution in [2.75, 3.05) is 0 Å². The van der Waals surface area contributed by atoms with Crippen LogP contribution in [0.4, 0.5) is 0 Å². The van der Waals surface area contributed by atoms with Crippen LogP contribution >= 0.6 is 0 Å². The van der Waals surface area contributed by atoms with Crippen LogP contribution in [-0.2, 0) is 6.42 Å². The van der Waals surface area contributed by atoms with E-state index in [4.69, 9.17) is 0 Å². The van der Waals surface area contributed by atoms with E-state index in [1.165, 1.54) is 5.56 Å². The Morgan fingerprint density at radius 3 is 2.61 bits per heavy atom. The van der Waals surface area contributed by atoms with Crippen molar-refractivity contribution in [1.29, 1.82) is 0 Å². The summed E-state index contributed by atoms with van der Waals surface area (Å²) in [7, 11) is 0. The number of para-hydroxylation sites is 2. The van der Waals surface area contributed by atoms with Gasteiger partial charge in [0.15, 0.2) is 5.43 Å². The molecular formula is C16H15NO. The molecule has 0 saturated heterocycles. The molecule has 0 aliphatic rings. The largest absolute Gasteiger partial charge is 0.354 e. The third-order valence-corrected chi connectivity index (χ3v) is 3.35. The van der Waals surface area contributed by atoms with Crippen LogP contribution in [0.15, 0.2) is 47.3 Å². The monoisotopic (exact) mass is 237 g/mol. The van der Waals surface area contributed by atoms with E-state index in [2.05, 4.69) is 18.0 Å². The molecule has 0 aliphatic carbocycles. The molecule has 0 fully saturated rings. The van der Waals surface area contributed by atoms with Crippen LogP contribution in [0.5, 0.6) is 0 Å². The fraction of sp³-hybridized carbons (Fsp3) is 0.188. The highest BCUT2D eigenvalue weighted by Gasteiger charge is 2.07. The first-order valence-electron chi connectivity index (χ1n) is 6.34. The zero-order chi connectivity index (χ0) is 12.5. The number of aromatic nitrogens is 1. The average Bonchev–Trinajstić information content (AvgIpc) is 2.40. The van der Waals surface area contributed by atoms with Crippen molar-refractivity contribution < 1.29 is 0 Å². The SMILES string of the molecule is CCCc1cccc2c(=O)c3ccccc3[nH]c12. The summed E-state index contributed by atoms with van der Waals surface area (Å²) >= 11 is 0. The molecule has 0 radical (unpaired) electrons. The topological polar surface area (TPSA) is 32.9 Å². The molecule has 90 valence electrons. The van der Waals surface area contributed by atoms with Gasteiger partial charge in [-0.3, -0.25) is 4.79 Å². The number of aromatic amines is 1. The molecule has 3 rings (SSSR count). The van der Waals surface area contributed by atoms with Crippen molar-refractivity contribution in [1.82, 2.24) is 4.98 Å². The smallest absolute Gasteiger partial charge is 0.197 e. The van der Waals surface area contributed by atoms with Crippen LogP contribution in [0.3, 0.4) is 0 Å². The van der Waals surface area contributed by atoms with Crippen LogP contribution in [0, 0.1) is 0 Å². The van der Waals surface area contributed by atoms with Crippen LogP contribution < -0.4 is 5.43 Å². The van der Waals surface area contributed by atoms with E-state index in [1.807, 2.05) is 36.4 Å². The van der Waals surface area contributed by atoms with Crippen molar-refractivity contribution in [3.63, 3.8) is 0 Å². The molecule has 0 saturated carbocycles. The Morgan fingerprint density at radius 1 is 1.00 bits per heavy atom. The van der Waals surface area contributed by atoms with Gasteiger partial charge in [-0.25, -0.2) is 0 Å². The summed E-state index contributed by atoms with van der Waals surface area (Å²) in [5.41, 5.74) is 3.25. The second-order valence-corrected chi connectivity index (χ2v) is 4.59. The predicted octanol–water partition coefficient (Wildman–Crippen LogP) is 3.63. The summed E-state index contributed by atoms with van der Waals surface area (Å²) < 4.78 is 0. The molecule has 0 spiro atoms. The zero-order valence-corrected chi connectivity index (χ0v) is 10.4. The Bertz CT molecular complexity index is 771. The number of rotatable bonds is 2. The van der Waals surface area contributed by atoms with Crippen molar-refractivity contribution in [3.05, 3.63) is 58.3 Å². The van der Waals surface area contributed by atoms with Gasteiger partial charge in [0.05, 0.1) is 5.52 Å². The van der Waals surface area contributed by atoms with Crippen molar-refractivity contribution >= 4 is 21.8 Å². The first kappa shape index (κ1) is 11.0. The van der Waals surface area contributed by atoms with Crippen molar-refractivity contribution in [2.45, 2.75) is 19.8 Å².